The average Bonchev–Trinajstić information content (AvgIpc) is 3.13. The van der Waals surface area contributed by atoms with E-state index in [1.54, 1.807) is 4.90 Å². The number of unbranched alkanes of at least 4 members (excludes halogenated alkanes) is 1. The maximum atomic E-state index is 12.6. The first kappa shape index (κ1) is 15.7. The van der Waals surface area contributed by atoms with E-state index in [-0.39, 0.29) is 5.91 Å². The molecule has 0 aliphatic heterocycles. The fourth-order valence-corrected chi connectivity index (χ4v) is 3.34. The highest BCUT2D eigenvalue weighted by molar-refractivity contribution is 7.15. The van der Waals surface area contributed by atoms with Crippen molar-refractivity contribution in [1.82, 2.24) is 14.3 Å². The van der Waals surface area contributed by atoms with E-state index in [4.69, 9.17) is 0 Å². The average molecular weight is 327 g/mol. The molecule has 0 bridgehead atoms. The van der Waals surface area contributed by atoms with Gasteiger partial charge in [-0.05, 0) is 13.3 Å². The van der Waals surface area contributed by atoms with Crippen molar-refractivity contribution in [2.45, 2.75) is 26.7 Å². The largest absolute Gasteiger partial charge is 0.340 e. The third-order valence-corrected chi connectivity index (χ3v) is 4.81. The van der Waals surface area contributed by atoms with Crippen molar-refractivity contribution in [3.63, 3.8) is 0 Å². The molecule has 0 spiro atoms. The number of nitrogens with zero attached hydrogens (tertiary/aromatic N) is 3. The highest BCUT2D eigenvalue weighted by Crippen LogP contribution is 2.24. The molecule has 3 rings (SSSR count). The highest BCUT2D eigenvalue weighted by Gasteiger charge is 2.18. The molecule has 0 atom stereocenters. The van der Waals surface area contributed by atoms with Crippen LogP contribution >= 0.6 is 11.3 Å². The Hall–Kier alpha value is -2.14. The topological polar surface area (TPSA) is 37.6 Å². The molecule has 23 heavy (non-hydrogen) atoms. The minimum Gasteiger partial charge on any atom is -0.340 e. The maximum absolute atomic E-state index is 12.6. The lowest BCUT2D eigenvalue weighted by atomic mass is 10.1. The number of amides is 1. The molecular weight excluding hydrogens is 306 g/mol. The Bertz CT molecular complexity index is 817. The number of aromatic nitrogens is 2. The van der Waals surface area contributed by atoms with Crippen LogP contribution in [-0.2, 0) is 0 Å². The summed E-state index contributed by atoms with van der Waals surface area (Å²) in [6.07, 6.45) is 4.06. The number of aryl methyl sites for hydroxylation is 1. The number of carbonyl (C=O) groups excluding carboxylic acids is 1. The van der Waals surface area contributed by atoms with Gasteiger partial charge in [-0.15, -0.1) is 11.3 Å². The Morgan fingerprint density at radius 2 is 2.04 bits per heavy atom. The predicted octanol–water partition coefficient (Wildman–Crippen LogP) is 4.24. The van der Waals surface area contributed by atoms with Crippen LogP contribution in [0.15, 0.2) is 35.8 Å². The zero-order valence-corrected chi connectivity index (χ0v) is 14.6. The summed E-state index contributed by atoms with van der Waals surface area (Å²) in [6, 6.07) is 8.29. The van der Waals surface area contributed by atoms with Gasteiger partial charge in [-0.1, -0.05) is 43.2 Å². The Morgan fingerprint density at radius 1 is 1.30 bits per heavy atom. The van der Waals surface area contributed by atoms with Crippen LogP contribution in [0.3, 0.4) is 0 Å². The molecule has 2 aromatic heterocycles. The van der Waals surface area contributed by atoms with E-state index in [1.165, 1.54) is 16.9 Å². The normalized spacial score (nSPS) is 11.1. The van der Waals surface area contributed by atoms with E-state index >= 15 is 0 Å². The van der Waals surface area contributed by atoms with Crippen molar-refractivity contribution in [3.05, 3.63) is 47.1 Å². The van der Waals surface area contributed by atoms with Crippen LogP contribution in [0.5, 0.6) is 0 Å². The van der Waals surface area contributed by atoms with Crippen LogP contribution in [0, 0.1) is 6.92 Å². The van der Waals surface area contributed by atoms with Gasteiger partial charge in [0.2, 0.25) is 0 Å². The third-order valence-electron chi connectivity index (χ3n) is 3.97. The van der Waals surface area contributed by atoms with Crippen molar-refractivity contribution in [1.29, 1.82) is 0 Å². The summed E-state index contributed by atoms with van der Waals surface area (Å²) >= 11 is 1.51. The maximum Gasteiger partial charge on any atom is 0.271 e. The number of hydrogen-bond donors (Lipinski definition) is 0. The van der Waals surface area contributed by atoms with Crippen LogP contribution < -0.4 is 0 Å². The summed E-state index contributed by atoms with van der Waals surface area (Å²) in [6.45, 7) is 4.98. The molecule has 0 saturated heterocycles. The second-order valence-corrected chi connectivity index (χ2v) is 6.68. The number of hydrogen-bond acceptors (Lipinski definition) is 3. The summed E-state index contributed by atoms with van der Waals surface area (Å²) in [4.78, 5) is 19.9. The number of rotatable bonds is 5. The van der Waals surface area contributed by atoms with E-state index in [0.29, 0.717) is 5.69 Å². The first-order chi connectivity index (χ1) is 11.1. The Kier molecular flexibility index (Phi) is 4.48. The molecule has 0 aliphatic rings. The third kappa shape index (κ3) is 3.15. The summed E-state index contributed by atoms with van der Waals surface area (Å²) < 4.78 is 1.91. The molecule has 4 nitrogen and oxygen atoms in total. The zero-order chi connectivity index (χ0) is 16.4. The molecule has 0 radical (unpaired) electrons. The van der Waals surface area contributed by atoms with Crippen molar-refractivity contribution < 1.29 is 4.79 Å². The van der Waals surface area contributed by atoms with Crippen LogP contribution in [0.2, 0.25) is 0 Å². The molecule has 0 saturated carbocycles. The van der Waals surface area contributed by atoms with Gasteiger partial charge in [0.1, 0.15) is 5.69 Å². The van der Waals surface area contributed by atoms with Crippen LogP contribution in [0.25, 0.3) is 16.2 Å². The van der Waals surface area contributed by atoms with E-state index in [9.17, 15) is 4.79 Å². The number of carbonyl (C=O) groups is 1. The van der Waals surface area contributed by atoms with Gasteiger partial charge in [-0.2, -0.15) is 0 Å². The van der Waals surface area contributed by atoms with Gasteiger partial charge in [0.05, 0.1) is 5.69 Å². The summed E-state index contributed by atoms with van der Waals surface area (Å²) in [5.41, 5.74) is 3.89. The number of benzene rings is 1. The second-order valence-electron chi connectivity index (χ2n) is 5.85. The first-order valence-corrected chi connectivity index (χ1v) is 8.77. The zero-order valence-electron chi connectivity index (χ0n) is 13.7. The quantitative estimate of drug-likeness (QED) is 0.703. The second kappa shape index (κ2) is 6.54. The Morgan fingerprint density at radius 3 is 2.74 bits per heavy atom. The lowest BCUT2D eigenvalue weighted by Crippen LogP contribution is -2.28. The Labute approximate surface area is 140 Å². The van der Waals surface area contributed by atoms with Gasteiger partial charge in [-0.3, -0.25) is 9.20 Å². The summed E-state index contributed by atoms with van der Waals surface area (Å²) in [7, 11) is 1.86. The van der Waals surface area contributed by atoms with Gasteiger partial charge in [0, 0.05) is 30.7 Å². The lowest BCUT2D eigenvalue weighted by Gasteiger charge is -2.15. The highest BCUT2D eigenvalue weighted by atomic mass is 32.1. The SMILES string of the molecule is CCCCN(C)C(=O)c1csc2nc(-c3ccc(C)cc3)cn12. The first-order valence-electron chi connectivity index (χ1n) is 7.89. The molecule has 1 amide bonds. The molecule has 1 aromatic carbocycles. The fraction of sp³-hybridized carbons (Fsp3) is 0.333. The lowest BCUT2D eigenvalue weighted by molar-refractivity contribution is 0.0787. The van der Waals surface area contributed by atoms with Crippen LogP contribution in [0.4, 0.5) is 0 Å². The monoisotopic (exact) mass is 327 g/mol. The summed E-state index contributed by atoms with van der Waals surface area (Å²) in [5.74, 6) is 0.0533. The number of imidazole rings is 1. The standard InChI is InChI=1S/C18H21N3OS/c1-4-5-10-20(3)17(22)16-12-23-18-19-15(11-21(16)18)14-8-6-13(2)7-9-14/h6-9,11-12H,4-5,10H2,1-3H3. The fourth-order valence-electron chi connectivity index (χ4n) is 2.49. The molecule has 5 heteroatoms. The van der Waals surface area contributed by atoms with Crippen molar-refractivity contribution >= 4 is 22.2 Å². The van der Waals surface area contributed by atoms with Crippen molar-refractivity contribution in [2.75, 3.05) is 13.6 Å². The van der Waals surface area contributed by atoms with Crippen molar-refractivity contribution in [2.24, 2.45) is 0 Å². The van der Waals surface area contributed by atoms with E-state index in [1.807, 2.05) is 23.0 Å². The van der Waals surface area contributed by atoms with Crippen molar-refractivity contribution in [3.8, 4) is 11.3 Å². The molecule has 120 valence electrons. The molecule has 2 heterocycles. The molecule has 0 unspecified atom stereocenters. The van der Waals surface area contributed by atoms with Crippen LogP contribution in [0.1, 0.15) is 35.8 Å². The van der Waals surface area contributed by atoms with Gasteiger partial charge in [-0.25, -0.2) is 4.98 Å². The van der Waals surface area contributed by atoms with Gasteiger partial charge in [0.15, 0.2) is 4.96 Å². The minimum atomic E-state index is 0.0533. The molecule has 0 aliphatic carbocycles. The predicted molar refractivity (Wildman–Crippen MR) is 95.1 cm³/mol. The number of fused-ring (bicyclic) bond motifs is 1. The van der Waals surface area contributed by atoms with Gasteiger partial charge < -0.3 is 4.90 Å². The molecule has 0 N–H and O–H groups in total. The molecular formula is C18H21N3OS. The smallest absolute Gasteiger partial charge is 0.271 e. The molecule has 3 aromatic rings. The minimum absolute atomic E-state index is 0.0533. The van der Waals surface area contributed by atoms with Gasteiger partial charge in [0.25, 0.3) is 5.91 Å². The number of thiazole rings is 1. The van der Waals surface area contributed by atoms with E-state index in [2.05, 4.69) is 43.1 Å². The van der Waals surface area contributed by atoms with Crippen LogP contribution in [-0.4, -0.2) is 33.8 Å². The van der Waals surface area contributed by atoms with Gasteiger partial charge >= 0.3 is 0 Å². The van der Waals surface area contributed by atoms with E-state index < -0.39 is 0 Å². The Balaban J connectivity index is 1.91. The van der Waals surface area contributed by atoms with E-state index in [0.717, 1.165) is 35.6 Å². The molecule has 0 fully saturated rings. The summed E-state index contributed by atoms with van der Waals surface area (Å²) in [5, 5.41) is 1.89.